The molecule has 2 aromatic rings. The van der Waals surface area contributed by atoms with Crippen molar-refractivity contribution in [2.75, 3.05) is 12.4 Å². The van der Waals surface area contributed by atoms with Crippen molar-refractivity contribution in [3.63, 3.8) is 0 Å². The molecule has 0 saturated heterocycles. The van der Waals surface area contributed by atoms with Crippen LogP contribution in [-0.2, 0) is 27.3 Å². The van der Waals surface area contributed by atoms with Crippen molar-refractivity contribution in [3.05, 3.63) is 29.5 Å². The molecule has 1 aromatic carbocycles. The van der Waals surface area contributed by atoms with Gasteiger partial charge < -0.3 is 14.6 Å². The summed E-state index contributed by atoms with van der Waals surface area (Å²) in [6, 6.07) is 5.77. The van der Waals surface area contributed by atoms with E-state index in [1.165, 1.54) is 7.11 Å². The summed E-state index contributed by atoms with van der Waals surface area (Å²) in [6.45, 7) is 4.31. The molecule has 1 N–H and O–H groups in total. The van der Waals surface area contributed by atoms with Crippen LogP contribution in [-0.4, -0.2) is 23.6 Å². The molecule has 0 atom stereocenters. The van der Waals surface area contributed by atoms with E-state index in [-0.39, 0.29) is 24.3 Å². The van der Waals surface area contributed by atoms with Crippen molar-refractivity contribution in [2.45, 2.75) is 32.7 Å². The average molecular weight is 286 g/mol. The lowest BCUT2D eigenvalue weighted by Gasteiger charge is -2.16. The quantitative estimate of drug-likeness (QED) is 0.882. The maximum absolute atomic E-state index is 11.9. The Kier molecular flexibility index (Phi) is 3.20. The normalized spacial score (nSPS) is 13.6. The first kappa shape index (κ1) is 13.7. The summed E-state index contributed by atoms with van der Waals surface area (Å²) in [5.41, 5.74) is 3.86. The molecule has 5 heteroatoms. The number of anilines is 1. The minimum absolute atomic E-state index is 0.00674. The molecular formula is C16H18N2O3. The minimum atomic E-state index is -0.288. The Balaban J connectivity index is 2.31. The van der Waals surface area contributed by atoms with E-state index >= 15 is 0 Å². The lowest BCUT2D eigenvalue weighted by molar-refractivity contribution is -0.141. The molecule has 21 heavy (non-hydrogen) atoms. The van der Waals surface area contributed by atoms with Gasteiger partial charge in [-0.15, -0.1) is 0 Å². The summed E-state index contributed by atoms with van der Waals surface area (Å²) >= 11 is 0. The summed E-state index contributed by atoms with van der Waals surface area (Å²) in [4.78, 5) is 23.7. The van der Waals surface area contributed by atoms with Gasteiger partial charge in [0.05, 0.1) is 24.7 Å². The third-order valence-corrected chi connectivity index (χ3v) is 3.91. The van der Waals surface area contributed by atoms with Crippen LogP contribution in [0.2, 0.25) is 0 Å². The number of carbonyl (C=O) groups excluding carboxylic acids is 2. The number of nitrogens with zero attached hydrogens (tertiary/aromatic N) is 1. The molecule has 0 fully saturated rings. The van der Waals surface area contributed by atoms with Crippen LogP contribution in [0.4, 0.5) is 5.69 Å². The topological polar surface area (TPSA) is 60.3 Å². The number of esters is 1. The Labute approximate surface area is 122 Å². The summed E-state index contributed by atoms with van der Waals surface area (Å²) in [6.07, 6.45) is 0.356. The molecule has 1 aliphatic rings. The van der Waals surface area contributed by atoms with Crippen molar-refractivity contribution in [1.82, 2.24) is 4.57 Å². The molecular weight excluding hydrogens is 268 g/mol. The van der Waals surface area contributed by atoms with Crippen molar-refractivity contribution in [1.29, 1.82) is 0 Å². The van der Waals surface area contributed by atoms with E-state index in [1.54, 1.807) is 0 Å². The van der Waals surface area contributed by atoms with Gasteiger partial charge in [-0.05, 0) is 23.6 Å². The number of aromatic nitrogens is 1. The second-order valence-corrected chi connectivity index (χ2v) is 5.61. The van der Waals surface area contributed by atoms with Gasteiger partial charge in [-0.25, -0.2) is 0 Å². The van der Waals surface area contributed by atoms with E-state index < -0.39 is 0 Å². The smallest absolute Gasteiger partial charge is 0.325 e. The van der Waals surface area contributed by atoms with Crippen LogP contribution in [0.25, 0.3) is 10.9 Å². The van der Waals surface area contributed by atoms with Gasteiger partial charge in [0, 0.05) is 11.1 Å². The fourth-order valence-electron chi connectivity index (χ4n) is 3.17. The Morgan fingerprint density at radius 3 is 2.86 bits per heavy atom. The van der Waals surface area contributed by atoms with E-state index in [9.17, 15) is 9.59 Å². The van der Waals surface area contributed by atoms with E-state index in [0.29, 0.717) is 6.42 Å². The highest BCUT2D eigenvalue weighted by molar-refractivity contribution is 6.09. The molecule has 0 radical (unpaired) electrons. The number of hydrogen-bond donors (Lipinski definition) is 1. The zero-order valence-electron chi connectivity index (χ0n) is 12.4. The van der Waals surface area contributed by atoms with Gasteiger partial charge >= 0.3 is 5.97 Å². The summed E-state index contributed by atoms with van der Waals surface area (Å²) < 4.78 is 6.78. The highest BCUT2D eigenvalue weighted by atomic mass is 16.5. The Morgan fingerprint density at radius 1 is 1.43 bits per heavy atom. The number of rotatable bonds is 3. The zero-order chi connectivity index (χ0) is 15.1. The number of methoxy groups -OCH3 is 1. The van der Waals surface area contributed by atoms with Gasteiger partial charge in [0.15, 0.2) is 0 Å². The van der Waals surface area contributed by atoms with E-state index in [4.69, 9.17) is 4.74 Å². The van der Waals surface area contributed by atoms with Crippen LogP contribution in [0.15, 0.2) is 18.2 Å². The van der Waals surface area contributed by atoms with Crippen molar-refractivity contribution < 1.29 is 14.3 Å². The van der Waals surface area contributed by atoms with Crippen LogP contribution in [0.5, 0.6) is 0 Å². The van der Waals surface area contributed by atoms with Gasteiger partial charge in [0.25, 0.3) is 0 Å². The molecule has 3 rings (SSSR count). The van der Waals surface area contributed by atoms with Gasteiger partial charge in [0.1, 0.15) is 6.54 Å². The minimum Gasteiger partial charge on any atom is -0.468 e. The van der Waals surface area contributed by atoms with Crippen LogP contribution < -0.4 is 5.32 Å². The number of carbonyl (C=O) groups is 2. The second-order valence-electron chi connectivity index (χ2n) is 5.61. The molecule has 0 bridgehead atoms. The fourth-order valence-corrected chi connectivity index (χ4v) is 3.17. The SMILES string of the molecule is COC(=O)Cn1c(C(C)C)c2c3c(cccc31)NC(=O)C2. The summed E-state index contributed by atoms with van der Waals surface area (Å²) in [5.74, 6) is -0.0761. The Hall–Kier alpha value is -2.30. The Bertz CT molecular complexity index is 744. The molecule has 1 amide bonds. The lowest BCUT2D eigenvalue weighted by atomic mass is 9.97. The van der Waals surface area contributed by atoms with Crippen molar-refractivity contribution in [3.8, 4) is 0 Å². The lowest BCUT2D eigenvalue weighted by Crippen LogP contribution is -2.20. The molecule has 0 aliphatic carbocycles. The van der Waals surface area contributed by atoms with Crippen molar-refractivity contribution in [2.24, 2.45) is 0 Å². The Morgan fingerprint density at radius 2 is 2.19 bits per heavy atom. The fraction of sp³-hybridized carbons (Fsp3) is 0.375. The number of hydrogen-bond acceptors (Lipinski definition) is 3. The summed E-state index contributed by atoms with van der Waals surface area (Å²) in [7, 11) is 1.39. The largest absolute Gasteiger partial charge is 0.468 e. The second kappa shape index (κ2) is 4.91. The van der Waals surface area contributed by atoms with Crippen LogP contribution in [0, 0.1) is 0 Å². The van der Waals surface area contributed by atoms with Crippen LogP contribution in [0.3, 0.4) is 0 Å². The predicted molar refractivity (Wildman–Crippen MR) is 80.4 cm³/mol. The van der Waals surface area contributed by atoms with Crippen LogP contribution in [0.1, 0.15) is 31.0 Å². The third kappa shape index (κ3) is 2.09. The molecule has 0 saturated carbocycles. The number of ether oxygens (including phenoxy) is 1. The molecule has 2 heterocycles. The highest BCUT2D eigenvalue weighted by Gasteiger charge is 2.27. The number of amides is 1. The molecule has 0 unspecified atom stereocenters. The monoisotopic (exact) mass is 286 g/mol. The standard InChI is InChI=1S/C16H18N2O3/c1-9(2)16-10-7-13(19)17-11-5-4-6-12(15(10)11)18(16)8-14(20)21-3/h4-6,9H,7-8H2,1-3H3,(H,17,19). The third-order valence-electron chi connectivity index (χ3n) is 3.91. The van der Waals surface area contributed by atoms with Crippen LogP contribution >= 0.6 is 0 Å². The molecule has 0 spiro atoms. The first-order valence-electron chi connectivity index (χ1n) is 7.03. The maximum atomic E-state index is 11.9. The molecule has 1 aromatic heterocycles. The molecule has 5 nitrogen and oxygen atoms in total. The van der Waals surface area contributed by atoms with Gasteiger partial charge in [0.2, 0.25) is 5.91 Å². The highest BCUT2D eigenvalue weighted by Crippen LogP contribution is 2.38. The molecule has 1 aliphatic heterocycles. The number of benzene rings is 1. The van der Waals surface area contributed by atoms with Crippen molar-refractivity contribution >= 4 is 28.5 Å². The zero-order valence-corrected chi connectivity index (χ0v) is 12.4. The van der Waals surface area contributed by atoms with Gasteiger partial charge in [-0.2, -0.15) is 0 Å². The predicted octanol–water partition coefficient (Wildman–Crippen LogP) is 2.43. The van der Waals surface area contributed by atoms with E-state index in [0.717, 1.165) is 27.8 Å². The van der Waals surface area contributed by atoms with Gasteiger partial charge in [-0.1, -0.05) is 19.9 Å². The number of nitrogens with one attached hydrogen (secondary N) is 1. The van der Waals surface area contributed by atoms with E-state index in [1.807, 2.05) is 22.8 Å². The van der Waals surface area contributed by atoms with E-state index in [2.05, 4.69) is 19.2 Å². The first-order valence-corrected chi connectivity index (χ1v) is 7.03. The maximum Gasteiger partial charge on any atom is 0.325 e. The van der Waals surface area contributed by atoms with Gasteiger partial charge in [-0.3, -0.25) is 9.59 Å². The average Bonchev–Trinajstić information content (AvgIpc) is 2.74. The molecule has 110 valence electrons. The first-order chi connectivity index (χ1) is 10.0. The summed E-state index contributed by atoms with van der Waals surface area (Å²) in [5, 5.41) is 3.95.